The summed E-state index contributed by atoms with van der Waals surface area (Å²) in [6.45, 7) is 9.74. The Morgan fingerprint density at radius 2 is 1.80 bits per heavy atom. The van der Waals surface area contributed by atoms with Crippen molar-refractivity contribution in [2.24, 2.45) is 0 Å². The molecule has 5 aromatic rings. The van der Waals surface area contributed by atoms with Gasteiger partial charge >= 0.3 is 0 Å². The molecule has 2 N–H and O–H groups in total. The van der Waals surface area contributed by atoms with Gasteiger partial charge in [0.15, 0.2) is 0 Å². The van der Waals surface area contributed by atoms with Gasteiger partial charge in [0.25, 0.3) is 0 Å². The van der Waals surface area contributed by atoms with Crippen LogP contribution in [-0.4, -0.2) is 65.2 Å². The number of ether oxygens (including phenoxy) is 1. The quantitative estimate of drug-likeness (QED) is 0.191. The summed E-state index contributed by atoms with van der Waals surface area (Å²) in [5, 5.41) is 3.44. The lowest BCUT2D eigenvalue weighted by Gasteiger charge is -2.26. The number of aryl methyl sites for hydroxylation is 3. The standard InChI is InChI=1S/C35H40FN7O/c1-22-17-27(26-9-12-31-32(20-26)40-24(3)39-31)19-28-21-43(15-16-44-33(22)28)34-30(18-25-7-10-29(36)11-8-25)23(2)38-35(41-34)37-13-6-14-42(4)5/h7-12,17,19-20H,6,13-16,18,21H2,1-5H3,(H,39,40)(H,37,38,41). The Bertz CT molecular complexity index is 1780. The van der Waals surface area contributed by atoms with Crippen molar-refractivity contribution in [3.63, 3.8) is 0 Å². The molecule has 228 valence electrons. The van der Waals surface area contributed by atoms with Crippen LogP contribution >= 0.6 is 0 Å². The van der Waals surface area contributed by atoms with Crippen LogP contribution in [0.1, 0.15) is 40.2 Å². The molecular formula is C35H40FN7O. The number of benzene rings is 3. The Morgan fingerprint density at radius 3 is 2.59 bits per heavy atom. The van der Waals surface area contributed by atoms with E-state index in [9.17, 15) is 4.39 Å². The molecule has 0 saturated carbocycles. The van der Waals surface area contributed by atoms with E-state index in [4.69, 9.17) is 14.7 Å². The van der Waals surface area contributed by atoms with Gasteiger partial charge in [0.1, 0.15) is 29.8 Å². The molecule has 0 amide bonds. The van der Waals surface area contributed by atoms with Crippen molar-refractivity contribution < 1.29 is 9.13 Å². The molecule has 0 atom stereocenters. The van der Waals surface area contributed by atoms with Crippen LogP contribution in [0.4, 0.5) is 16.2 Å². The largest absolute Gasteiger partial charge is 0.491 e. The number of nitrogens with zero attached hydrogens (tertiary/aromatic N) is 5. The minimum absolute atomic E-state index is 0.242. The zero-order valence-corrected chi connectivity index (χ0v) is 26.2. The van der Waals surface area contributed by atoms with E-state index in [1.165, 1.54) is 12.1 Å². The molecular weight excluding hydrogens is 553 g/mol. The number of aromatic amines is 1. The van der Waals surface area contributed by atoms with Crippen LogP contribution in [0, 0.1) is 26.6 Å². The fraction of sp³-hybridized carbons (Fsp3) is 0.343. The minimum atomic E-state index is -0.242. The van der Waals surface area contributed by atoms with Crippen molar-refractivity contribution in [3.05, 3.63) is 94.2 Å². The normalized spacial score (nSPS) is 13.2. The molecule has 0 unspecified atom stereocenters. The van der Waals surface area contributed by atoms with E-state index < -0.39 is 0 Å². The Kier molecular flexibility index (Phi) is 8.48. The first-order chi connectivity index (χ1) is 21.2. The van der Waals surface area contributed by atoms with Gasteiger partial charge in [-0.05, 0) is 106 Å². The van der Waals surface area contributed by atoms with E-state index in [1.54, 1.807) is 0 Å². The lowest BCUT2D eigenvalue weighted by molar-refractivity contribution is 0.329. The average Bonchev–Trinajstić information content (AvgIpc) is 3.22. The summed E-state index contributed by atoms with van der Waals surface area (Å²) in [5.74, 6) is 3.10. The van der Waals surface area contributed by atoms with Crippen molar-refractivity contribution in [3.8, 4) is 16.9 Å². The lowest BCUT2D eigenvalue weighted by Crippen LogP contribution is -2.28. The molecule has 6 rings (SSSR count). The lowest BCUT2D eigenvalue weighted by atomic mass is 9.98. The van der Waals surface area contributed by atoms with Crippen LogP contribution in [0.2, 0.25) is 0 Å². The topological polar surface area (TPSA) is 82.2 Å². The summed E-state index contributed by atoms with van der Waals surface area (Å²) in [6.07, 6.45) is 1.59. The van der Waals surface area contributed by atoms with Gasteiger partial charge in [0.2, 0.25) is 5.95 Å². The number of halogens is 1. The van der Waals surface area contributed by atoms with Crippen LogP contribution in [0.3, 0.4) is 0 Å². The highest BCUT2D eigenvalue weighted by atomic mass is 19.1. The summed E-state index contributed by atoms with van der Waals surface area (Å²) < 4.78 is 20.1. The molecule has 8 nitrogen and oxygen atoms in total. The third kappa shape index (κ3) is 6.53. The fourth-order valence-electron chi connectivity index (χ4n) is 5.90. The molecule has 1 aliphatic rings. The van der Waals surface area contributed by atoms with Crippen LogP contribution in [0.25, 0.3) is 22.2 Å². The number of imidazole rings is 1. The predicted molar refractivity (Wildman–Crippen MR) is 175 cm³/mol. The number of aromatic nitrogens is 4. The Labute approximate surface area is 258 Å². The minimum Gasteiger partial charge on any atom is -0.491 e. The second-order valence-corrected chi connectivity index (χ2v) is 11.9. The predicted octanol–water partition coefficient (Wildman–Crippen LogP) is 6.44. The smallest absolute Gasteiger partial charge is 0.224 e. The SMILES string of the molecule is Cc1nc2cc(-c3cc(C)c4c(c3)CN(c3nc(NCCCN(C)C)nc(C)c3Cc3ccc(F)cc3)CCO4)ccc2[nH]1. The first-order valence-corrected chi connectivity index (χ1v) is 15.2. The van der Waals surface area contributed by atoms with Gasteiger partial charge in [-0.3, -0.25) is 0 Å². The molecule has 3 aromatic carbocycles. The van der Waals surface area contributed by atoms with Crippen molar-refractivity contribution in [2.75, 3.05) is 50.6 Å². The highest BCUT2D eigenvalue weighted by Gasteiger charge is 2.24. The van der Waals surface area contributed by atoms with Gasteiger partial charge in [0, 0.05) is 36.3 Å². The molecule has 0 bridgehead atoms. The summed E-state index contributed by atoms with van der Waals surface area (Å²) in [4.78, 5) is 22.4. The Balaban J connectivity index is 1.36. The maximum atomic E-state index is 13.7. The molecule has 0 aliphatic carbocycles. The molecule has 0 spiro atoms. The monoisotopic (exact) mass is 593 g/mol. The van der Waals surface area contributed by atoms with Gasteiger partial charge in [-0.2, -0.15) is 4.98 Å². The molecule has 0 fully saturated rings. The number of rotatable bonds is 9. The molecule has 2 aromatic heterocycles. The van der Waals surface area contributed by atoms with Gasteiger partial charge < -0.3 is 24.8 Å². The first-order valence-electron chi connectivity index (χ1n) is 15.2. The van der Waals surface area contributed by atoms with E-state index in [2.05, 4.69) is 76.4 Å². The van der Waals surface area contributed by atoms with E-state index in [0.717, 1.165) is 87.0 Å². The second-order valence-electron chi connectivity index (χ2n) is 11.9. The third-order valence-corrected chi connectivity index (χ3v) is 8.11. The molecule has 1 aliphatic heterocycles. The number of hydrogen-bond acceptors (Lipinski definition) is 7. The van der Waals surface area contributed by atoms with Gasteiger partial charge in [-0.15, -0.1) is 0 Å². The summed E-state index contributed by atoms with van der Waals surface area (Å²) in [7, 11) is 4.15. The number of nitrogens with one attached hydrogen (secondary N) is 2. The molecule has 0 radical (unpaired) electrons. The van der Waals surface area contributed by atoms with Gasteiger partial charge in [-0.1, -0.05) is 18.2 Å². The number of hydrogen-bond donors (Lipinski definition) is 2. The van der Waals surface area contributed by atoms with Crippen LogP contribution < -0.4 is 15.0 Å². The first kappa shape index (κ1) is 29.6. The number of anilines is 2. The van der Waals surface area contributed by atoms with E-state index in [0.29, 0.717) is 32.1 Å². The van der Waals surface area contributed by atoms with Crippen LogP contribution in [0.15, 0.2) is 54.6 Å². The Morgan fingerprint density at radius 1 is 0.977 bits per heavy atom. The van der Waals surface area contributed by atoms with Gasteiger partial charge in [-0.25, -0.2) is 14.4 Å². The number of fused-ring (bicyclic) bond motifs is 2. The van der Waals surface area contributed by atoms with Crippen molar-refractivity contribution in [2.45, 2.75) is 40.2 Å². The van der Waals surface area contributed by atoms with E-state index in [1.807, 2.05) is 26.0 Å². The van der Waals surface area contributed by atoms with Crippen molar-refractivity contribution >= 4 is 22.8 Å². The summed E-state index contributed by atoms with van der Waals surface area (Å²) in [5.41, 5.74) is 9.40. The highest BCUT2D eigenvalue weighted by molar-refractivity contribution is 5.82. The molecule has 3 heterocycles. The highest BCUT2D eigenvalue weighted by Crippen LogP contribution is 2.36. The van der Waals surface area contributed by atoms with Gasteiger partial charge in [0.05, 0.1) is 17.6 Å². The molecule has 44 heavy (non-hydrogen) atoms. The summed E-state index contributed by atoms with van der Waals surface area (Å²) >= 11 is 0. The van der Waals surface area contributed by atoms with Crippen LogP contribution in [0.5, 0.6) is 5.75 Å². The van der Waals surface area contributed by atoms with Crippen molar-refractivity contribution in [1.29, 1.82) is 0 Å². The maximum absolute atomic E-state index is 13.7. The summed E-state index contributed by atoms with van der Waals surface area (Å²) in [6, 6.07) is 17.5. The van der Waals surface area contributed by atoms with Crippen LogP contribution in [-0.2, 0) is 13.0 Å². The Hall–Kier alpha value is -4.50. The number of H-pyrrole nitrogens is 1. The van der Waals surface area contributed by atoms with E-state index in [-0.39, 0.29) is 5.82 Å². The molecule has 9 heteroatoms. The molecule has 0 saturated heterocycles. The zero-order chi connectivity index (χ0) is 30.8. The second kappa shape index (κ2) is 12.6. The fourth-order valence-corrected chi connectivity index (χ4v) is 5.90. The zero-order valence-electron chi connectivity index (χ0n) is 26.2. The average molecular weight is 594 g/mol. The maximum Gasteiger partial charge on any atom is 0.224 e. The van der Waals surface area contributed by atoms with Crippen molar-refractivity contribution in [1.82, 2.24) is 24.8 Å². The van der Waals surface area contributed by atoms with E-state index >= 15 is 0 Å². The third-order valence-electron chi connectivity index (χ3n) is 8.11.